The summed E-state index contributed by atoms with van der Waals surface area (Å²) in [6, 6.07) is 21.1. The molecule has 0 unspecified atom stereocenters. The molecule has 0 amide bonds. The lowest BCUT2D eigenvalue weighted by molar-refractivity contribution is 0.415. The zero-order valence-corrected chi connectivity index (χ0v) is 15.7. The first-order chi connectivity index (χ1) is 13.6. The fourth-order valence-corrected chi connectivity index (χ4v) is 3.34. The van der Waals surface area contributed by atoms with Crippen LogP contribution >= 0.6 is 11.6 Å². The van der Waals surface area contributed by atoms with Gasteiger partial charge >= 0.3 is 0 Å². The van der Waals surface area contributed by atoms with Gasteiger partial charge in [0.15, 0.2) is 0 Å². The van der Waals surface area contributed by atoms with Crippen molar-refractivity contribution >= 4 is 28.3 Å². The van der Waals surface area contributed by atoms with Gasteiger partial charge in [0.25, 0.3) is 0 Å². The van der Waals surface area contributed by atoms with Gasteiger partial charge in [0.2, 0.25) is 0 Å². The molecule has 2 aromatic heterocycles. The van der Waals surface area contributed by atoms with E-state index < -0.39 is 0 Å². The van der Waals surface area contributed by atoms with E-state index in [4.69, 9.17) is 22.1 Å². The molecule has 136 valence electrons. The highest BCUT2D eigenvalue weighted by Gasteiger charge is 2.17. The minimum Gasteiger partial charge on any atom is -0.497 e. The molecule has 2 N–H and O–H groups in total. The fourth-order valence-electron chi connectivity index (χ4n) is 3.09. The number of nitrogens with zero attached hydrogens (tertiary/aromatic N) is 3. The van der Waals surface area contributed by atoms with Gasteiger partial charge in [0.05, 0.1) is 18.3 Å². The van der Waals surface area contributed by atoms with Gasteiger partial charge in [-0.1, -0.05) is 41.9 Å². The molecule has 0 aliphatic carbocycles. The zero-order chi connectivity index (χ0) is 19.7. The third-order valence-electron chi connectivity index (χ3n) is 4.50. The second-order valence-electron chi connectivity index (χ2n) is 6.18. The van der Waals surface area contributed by atoms with E-state index in [2.05, 4.69) is 16.0 Å². The lowest BCUT2D eigenvalue weighted by Gasteiger charge is -2.12. The van der Waals surface area contributed by atoms with Crippen molar-refractivity contribution in [3.05, 3.63) is 71.4 Å². The van der Waals surface area contributed by atoms with Crippen LogP contribution in [0.15, 0.2) is 60.7 Å². The van der Waals surface area contributed by atoms with Crippen LogP contribution in [0.4, 0.5) is 5.82 Å². The Morgan fingerprint density at radius 3 is 2.50 bits per heavy atom. The SMILES string of the molecule is COc1ccc2cc(-c3cc(-c4ccccc4)nc(N)c3C#N)c(Cl)nc2c1. The summed E-state index contributed by atoms with van der Waals surface area (Å²) in [4.78, 5) is 8.87. The lowest BCUT2D eigenvalue weighted by Crippen LogP contribution is -2.00. The maximum absolute atomic E-state index is 9.64. The number of aromatic nitrogens is 2. The fraction of sp³-hybridized carbons (Fsp3) is 0.0455. The van der Waals surface area contributed by atoms with Crippen molar-refractivity contribution in [2.75, 3.05) is 12.8 Å². The number of nitrogens with two attached hydrogens (primary N) is 1. The molecule has 0 aliphatic heterocycles. The Morgan fingerprint density at radius 1 is 1.00 bits per heavy atom. The quantitative estimate of drug-likeness (QED) is 0.496. The van der Waals surface area contributed by atoms with Crippen molar-refractivity contribution in [2.45, 2.75) is 0 Å². The van der Waals surface area contributed by atoms with E-state index in [9.17, 15) is 5.26 Å². The van der Waals surface area contributed by atoms with E-state index in [1.807, 2.05) is 60.7 Å². The minimum absolute atomic E-state index is 0.157. The molecule has 0 atom stereocenters. The third-order valence-corrected chi connectivity index (χ3v) is 4.79. The van der Waals surface area contributed by atoms with E-state index in [0.29, 0.717) is 28.1 Å². The summed E-state index contributed by atoms with van der Waals surface area (Å²) in [5, 5.41) is 10.8. The number of halogens is 1. The second kappa shape index (κ2) is 7.18. The van der Waals surface area contributed by atoms with E-state index in [-0.39, 0.29) is 16.5 Å². The number of pyridine rings is 2. The van der Waals surface area contributed by atoms with Crippen LogP contribution in [-0.2, 0) is 0 Å². The highest BCUT2D eigenvalue weighted by atomic mass is 35.5. The number of anilines is 1. The van der Waals surface area contributed by atoms with Crippen LogP contribution in [-0.4, -0.2) is 17.1 Å². The van der Waals surface area contributed by atoms with Crippen LogP contribution in [0.1, 0.15) is 5.56 Å². The van der Waals surface area contributed by atoms with E-state index >= 15 is 0 Å². The van der Waals surface area contributed by atoms with Crippen molar-refractivity contribution in [3.63, 3.8) is 0 Å². The molecule has 0 aliphatic rings. The van der Waals surface area contributed by atoms with Crippen molar-refractivity contribution in [3.8, 4) is 34.2 Å². The van der Waals surface area contributed by atoms with Gasteiger partial charge in [-0.25, -0.2) is 9.97 Å². The number of methoxy groups -OCH3 is 1. The van der Waals surface area contributed by atoms with E-state index in [1.54, 1.807) is 7.11 Å². The molecule has 4 aromatic rings. The summed E-state index contributed by atoms with van der Waals surface area (Å²) in [6.45, 7) is 0. The third kappa shape index (κ3) is 3.11. The maximum atomic E-state index is 9.64. The van der Waals surface area contributed by atoms with Crippen molar-refractivity contribution in [2.24, 2.45) is 0 Å². The van der Waals surface area contributed by atoms with Gasteiger partial charge in [-0.15, -0.1) is 0 Å². The van der Waals surface area contributed by atoms with Crippen molar-refractivity contribution in [1.29, 1.82) is 5.26 Å². The van der Waals surface area contributed by atoms with Crippen LogP contribution < -0.4 is 10.5 Å². The molecule has 4 rings (SSSR count). The number of hydrogen-bond acceptors (Lipinski definition) is 5. The number of rotatable bonds is 3. The highest BCUT2D eigenvalue weighted by molar-refractivity contribution is 6.32. The zero-order valence-electron chi connectivity index (χ0n) is 15.0. The van der Waals surface area contributed by atoms with Gasteiger partial charge in [-0.3, -0.25) is 0 Å². The average molecular weight is 387 g/mol. The molecule has 0 saturated carbocycles. The second-order valence-corrected chi connectivity index (χ2v) is 6.54. The summed E-state index contributed by atoms with van der Waals surface area (Å²) in [5.74, 6) is 0.853. The Morgan fingerprint density at radius 2 is 1.79 bits per heavy atom. The number of nitrogen functional groups attached to an aromatic ring is 1. The molecular weight excluding hydrogens is 372 g/mol. The van der Waals surface area contributed by atoms with Gasteiger partial charge in [0.1, 0.15) is 28.4 Å². The smallest absolute Gasteiger partial charge is 0.142 e. The topological polar surface area (TPSA) is 84.8 Å². The van der Waals surface area contributed by atoms with Gasteiger partial charge in [-0.2, -0.15) is 5.26 Å². The Labute approximate surface area is 167 Å². The van der Waals surface area contributed by atoms with Gasteiger partial charge < -0.3 is 10.5 Å². The van der Waals surface area contributed by atoms with Crippen LogP contribution in [0, 0.1) is 11.3 Å². The number of fused-ring (bicyclic) bond motifs is 1. The van der Waals surface area contributed by atoms with Gasteiger partial charge in [0, 0.05) is 28.1 Å². The molecule has 0 bridgehead atoms. The number of ether oxygens (including phenoxy) is 1. The average Bonchev–Trinajstić information content (AvgIpc) is 2.73. The number of hydrogen-bond donors (Lipinski definition) is 1. The predicted octanol–water partition coefficient (Wildman–Crippen LogP) is 5.08. The van der Waals surface area contributed by atoms with Gasteiger partial charge in [-0.05, 0) is 24.3 Å². The molecule has 2 aromatic carbocycles. The summed E-state index contributed by atoms with van der Waals surface area (Å²) in [7, 11) is 1.60. The summed E-state index contributed by atoms with van der Waals surface area (Å²) < 4.78 is 5.24. The molecule has 6 heteroatoms. The number of benzene rings is 2. The van der Waals surface area contributed by atoms with Crippen LogP contribution in [0.2, 0.25) is 5.15 Å². The standard InChI is InChI=1S/C22H15ClN4O/c1-28-15-8-7-14-9-17(21(23)26-19(14)10-15)16-11-20(13-5-3-2-4-6-13)27-22(25)18(16)12-24/h2-11H,1H3,(H2,25,27). The lowest BCUT2D eigenvalue weighted by atomic mass is 9.98. The monoisotopic (exact) mass is 386 g/mol. The largest absolute Gasteiger partial charge is 0.497 e. The van der Waals surface area contributed by atoms with Crippen LogP contribution in [0.5, 0.6) is 5.75 Å². The summed E-state index contributed by atoms with van der Waals surface area (Å²) >= 11 is 6.49. The highest BCUT2D eigenvalue weighted by Crippen LogP contribution is 2.36. The normalized spacial score (nSPS) is 10.6. The Bertz CT molecular complexity index is 1230. The summed E-state index contributed by atoms with van der Waals surface area (Å²) in [5.41, 5.74) is 9.86. The molecule has 2 heterocycles. The van der Waals surface area contributed by atoms with Crippen LogP contribution in [0.3, 0.4) is 0 Å². The Kier molecular flexibility index (Phi) is 4.56. The molecule has 5 nitrogen and oxygen atoms in total. The Balaban J connectivity index is 1.96. The molecule has 0 saturated heterocycles. The predicted molar refractivity (Wildman–Crippen MR) is 111 cm³/mol. The maximum Gasteiger partial charge on any atom is 0.142 e. The molecule has 0 fully saturated rings. The molecule has 28 heavy (non-hydrogen) atoms. The first-order valence-electron chi connectivity index (χ1n) is 8.51. The first kappa shape index (κ1) is 17.8. The minimum atomic E-state index is 0.157. The van der Waals surface area contributed by atoms with E-state index in [1.165, 1.54) is 0 Å². The molecule has 0 radical (unpaired) electrons. The van der Waals surface area contributed by atoms with Crippen molar-refractivity contribution < 1.29 is 4.74 Å². The van der Waals surface area contributed by atoms with Crippen molar-refractivity contribution in [1.82, 2.24) is 9.97 Å². The molecule has 0 spiro atoms. The number of nitriles is 1. The first-order valence-corrected chi connectivity index (χ1v) is 8.89. The molecular formula is C22H15ClN4O. The summed E-state index contributed by atoms with van der Waals surface area (Å²) in [6.07, 6.45) is 0. The van der Waals surface area contributed by atoms with Crippen LogP contribution in [0.25, 0.3) is 33.3 Å². The van der Waals surface area contributed by atoms with E-state index in [0.717, 1.165) is 10.9 Å². The Hall–Kier alpha value is -3.62.